The van der Waals surface area contributed by atoms with Crippen LogP contribution in [0.1, 0.15) is 28.4 Å². The fourth-order valence-electron chi connectivity index (χ4n) is 4.05. The predicted octanol–water partition coefficient (Wildman–Crippen LogP) is 4.40. The molecule has 3 aromatic rings. The first-order valence-corrected chi connectivity index (χ1v) is 12.0. The van der Waals surface area contributed by atoms with Crippen molar-refractivity contribution >= 4 is 27.3 Å². The van der Waals surface area contributed by atoms with E-state index in [2.05, 4.69) is 5.32 Å². The van der Waals surface area contributed by atoms with Crippen LogP contribution in [-0.4, -0.2) is 34.6 Å². The van der Waals surface area contributed by atoms with Gasteiger partial charge < -0.3 is 14.8 Å². The number of methoxy groups -OCH3 is 2. The first-order valence-electron chi connectivity index (χ1n) is 10.5. The van der Waals surface area contributed by atoms with Crippen molar-refractivity contribution in [2.45, 2.75) is 31.2 Å². The summed E-state index contributed by atoms with van der Waals surface area (Å²) in [5, 5.41) is 2.85. The maximum atomic E-state index is 13.3. The van der Waals surface area contributed by atoms with Crippen LogP contribution in [0.4, 0.5) is 11.4 Å². The standard InChI is InChI=1S/C25H26N2O5S/c1-16-5-9-21(10-6-16)33(29,30)27-17(2)13-19-14-18(7-11-22(19)27)25(28)26-20-8-12-23(31-3)24(15-20)32-4/h5-12,14-15,17H,13H2,1-4H3,(H,26,28)/t17-/m1/s1. The van der Waals surface area contributed by atoms with E-state index in [0.29, 0.717) is 34.9 Å². The molecule has 1 aliphatic rings. The molecule has 0 aliphatic carbocycles. The lowest BCUT2D eigenvalue weighted by molar-refractivity contribution is 0.102. The largest absolute Gasteiger partial charge is 0.493 e. The fraction of sp³-hybridized carbons (Fsp3) is 0.240. The zero-order valence-corrected chi connectivity index (χ0v) is 19.8. The molecule has 0 saturated heterocycles. The number of aryl methyl sites for hydroxylation is 1. The Hall–Kier alpha value is -3.52. The molecule has 172 valence electrons. The quantitative estimate of drug-likeness (QED) is 0.582. The van der Waals surface area contributed by atoms with E-state index < -0.39 is 10.0 Å². The minimum atomic E-state index is -3.71. The molecule has 33 heavy (non-hydrogen) atoms. The van der Waals surface area contributed by atoms with Crippen LogP contribution in [0.2, 0.25) is 0 Å². The monoisotopic (exact) mass is 466 g/mol. The van der Waals surface area contributed by atoms with Gasteiger partial charge in [0.2, 0.25) is 0 Å². The number of amides is 1. The minimum Gasteiger partial charge on any atom is -0.493 e. The molecular weight excluding hydrogens is 440 g/mol. The number of hydrogen-bond donors (Lipinski definition) is 1. The van der Waals surface area contributed by atoms with Crippen LogP contribution in [0.3, 0.4) is 0 Å². The summed E-state index contributed by atoms with van der Waals surface area (Å²) in [6.45, 7) is 3.79. The number of hydrogen-bond acceptors (Lipinski definition) is 5. The number of rotatable bonds is 6. The first kappa shape index (κ1) is 22.7. The maximum Gasteiger partial charge on any atom is 0.264 e. The van der Waals surface area contributed by atoms with E-state index in [1.807, 2.05) is 13.8 Å². The second-order valence-corrected chi connectivity index (χ2v) is 9.85. The van der Waals surface area contributed by atoms with Crippen LogP contribution in [-0.2, 0) is 16.4 Å². The van der Waals surface area contributed by atoms with Crippen LogP contribution in [0.5, 0.6) is 11.5 Å². The van der Waals surface area contributed by atoms with Gasteiger partial charge in [-0.25, -0.2) is 8.42 Å². The lowest BCUT2D eigenvalue weighted by Crippen LogP contribution is -2.35. The van der Waals surface area contributed by atoms with Crippen LogP contribution >= 0.6 is 0 Å². The third kappa shape index (κ3) is 4.26. The Morgan fingerprint density at radius 3 is 2.33 bits per heavy atom. The summed E-state index contributed by atoms with van der Waals surface area (Å²) in [6.07, 6.45) is 0.526. The van der Waals surface area contributed by atoms with Gasteiger partial charge in [0.1, 0.15) is 0 Å². The van der Waals surface area contributed by atoms with Gasteiger partial charge in [-0.1, -0.05) is 17.7 Å². The highest BCUT2D eigenvalue weighted by atomic mass is 32.2. The van der Waals surface area contributed by atoms with E-state index in [9.17, 15) is 13.2 Å². The number of benzene rings is 3. The molecule has 0 spiro atoms. The molecule has 1 N–H and O–H groups in total. The lowest BCUT2D eigenvalue weighted by atomic mass is 10.1. The summed E-state index contributed by atoms with van der Waals surface area (Å²) < 4.78 is 38.6. The van der Waals surface area contributed by atoms with Crippen LogP contribution in [0.15, 0.2) is 65.6 Å². The van der Waals surface area contributed by atoms with Gasteiger partial charge in [-0.05, 0) is 68.3 Å². The van der Waals surface area contributed by atoms with Gasteiger partial charge in [-0.3, -0.25) is 9.10 Å². The number of anilines is 2. The predicted molar refractivity (Wildman–Crippen MR) is 128 cm³/mol. The number of nitrogens with one attached hydrogen (secondary N) is 1. The topological polar surface area (TPSA) is 84.9 Å². The Balaban J connectivity index is 1.60. The average molecular weight is 467 g/mol. The van der Waals surface area contributed by atoms with E-state index in [4.69, 9.17) is 9.47 Å². The fourth-order valence-corrected chi connectivity index (χ4v) is 5.74. The average Bonchev–Trinajstić information content (AvgIpc) is 3.14. The summed E-state index contributed by atoms with van der Waals surface area (Å²) in [6, 6.07) is 16.8. The number of ether oxygens (including phenoxy) is 2. The molecule has 1 heterocycles. The highest BCUT2D eigenvalue weighted by Gasteiger charge is 2.36. The first-order chi connectivity index (χ1) is 15.7. The molecule has 0 aromatic heterocycles. The molecule has 7 nitrogen and oxygen atoms in total. The minimum absolute atomic E-state index is 0.253. The molecular formula is C25H26N2O5S. The van der Waals surface area contributed by atoms with Crippen LogP contribution in [0.25, 0.3) is 0 Å². The SMILES string of the molecule is COc1ccc(NC(=O)c2ccc3c(c2)C[C@@H](C)N3S(=O)(=O)c2ccc(C)cc2)cc1OC. The van der Waals surface area contributed by atoms with Gasteiger partial charge in [-0.2, -0.15) is 0 Å². The normalized spacial score (nSPS) is 15.2. The third-order valence-electron chi connectivity index (χ3n) is 5.71. The Morgan fingerprint density at radius 1 is 0.970 bits per heavy atom. The van der Waals surface area contributed by atoms with Crippen molar-refractivity contribution < 1.29 is 22.7 Å². The summed E-state index contributed by atoms with van der Waals surface area (Å²) in [5.41, 5.74) is 3.43. The second kappa shape index (κ2) is 8.78. The Bertz CT molecular complexity index is 1300. The van der Waals surface area contributed by atoms with Crippen molar-refractivity contribution in [1.82, 2.24) is 0 Å². The van der Waals surface area contributed by atoms with Gasteiger partial charge in [0.15, 0.2) is 11.5 Å². The van der Waals surface area contributed by atoms with E-state index in [1.165, 1.54) is 11.4 Å². The molecule has 0 unspecified atom stereocenters. The maximum absolute atomic E-state index is 13.3. The molecule has 0 radical (unpaired) electrons. The van der Waals surface area contributed by atoms with Crippen LogP contribution in [0, 0.1) is 6.92 Å². The van der Waals surface area contributed by atoms with Crippen molar-refractivity contribution in [2.24, 2.45) is 0 Å². The van der Waals surface area contributed by atoms with Crippen LogP contribution < -0.4 is 19.1 Å². The zero-order chi connectivity index (χ0) is 23.8. The number of carbonyl (C=O) groups excluding carboxylic acids is 1. The van der Waals surface area contributed by atoms with Gasteiger partial charge in [-0.15, -0.1) is 0 Å². The van der Waals surface area contributed by atoms with Crippen molar-refractivity contribution in [2.75, 3.05) is 23.8 Å². The summed E-state index contributed by atoms with van der Waals surface area (Å²) >= 11 is 0. The third-order valence-corrected chi connectivity index (χ3v) is 7.66. The number of carbonyl (C=O) groups is 1. The number of nitrogens with zero attached hydrogens (tertiary/aromatic N) is 1. The van der Waals surface area contributed by atoms with E-state index in [-0.39, 0.29) is 16.8 Å². The lowest BCUT2D eigenvalue weighted by Gasteiger charge is -2.24. The molecule has 0 saturated carbocycles. The number of fused-ring (bicyclic) bond motifs is 1. The van der Waals surface area contributed by atoms with Crippen molar-refractivity contribution in [3.63, 3.8) is 0 Å². The Morgan fingerprint density at radius 2 is 1.67 bits per heavy atom. The van der Waals surface area contributed by atoms with Crippen molar-refractivity contribution in [3.05, 3.63) is 77.4 Å². The van der Waals surface area contributed by atoms with Crippen molar-refractivity contribution in [3.8, 4) is 11.5 Å². The zero-order valence-electron chi connectivity index (χ0n) is 19.0. The molecule has 0 fully saturated rings. The molecule has 4 rings (SSSR count). The van der Waals surface area contributed by atoms with Gasteiger partial charge in [0.05, 0.1) is 24.8 Å². The summed E-state index contributed by atoms with van der Waals surface area (Å²) in [4.78, 5) is 13.1. The van der Waals surface area contributed by atoms with E-state index >= 15 is 0 Å². The van der Waals surface area contributed by atoms with Crippen molar-refractivity contribution in [1.29, 1.82) is 0 Å². The molecule has 1 atom stereocenters. The smallest absolute Gasteiger partial charge is 0.264 e. The molecule has 8 heteroatoms. The van der Waals surface area contributed by atoms with Gasteiger partial charge in [0.25, 0.3) is 15.9 Å². The molecule has 1 aliphatic heterocycles. The highest BCUT2D eigenvalue weighted by molar-refractivity contribution is 7.92. The Kier molecular flexibility index (Phi) is 6.03. The number of sulfonamides is 1. The Labute approximate surface area is 194 Å². The highest BCUT2D eigenvalue weighted by Crippen LogP contribution is 2.37. The summed E-state index contributed by atoms with van der Waals surface area (Å²) in [5.74, 6) is 0.782. The van der Waals surface area contributed by atoms with Gasteiger partial charge >= 0.3 is 0 Å². The van der Waals surface area contributed by atoms with E-state index in [0.717, 1.165) is 11.1 Å². The molecule has 1 amide bonds. The molecule has 3 aromatic carbocycles. The second-order valence-electron chi connectivity index (χ2n) is 8.03. The van der Waals surface area contributed by atoms with Gasteiger partial charge in [0, 0.05) is 23.4 Å². The van der Waals surface area contributed by atoms with E-state index in [1.54, 1.807) is 67.8 Å². The summed E-state index contributed by atoms with van der Waals surface area (Å²) in [7, 11) is -0.632. The molecule has 0 bridgehead atoms.